The first-order chi connectivity index (χ1) is 15.1. The molecule has 0 radical (unpaired) electrons. The maximum atomic E-state index is 13.1. The molecule has 3 rings (SSSR count). The van der Waals surface area contributed by atoms with E-state index in [9.17, 15) is 22.4 Å². The highest BCUT2D eigenvalue weighted by Gasteiger charge is 2.38. The predicted octanol–water partition coefficient (Wildman–Crippen LogP) is 5.22. The van der Waals surface area contributed by atoms with Gasteiger partial charge in [0.2, 0.25) is 0 Å². The molecule has 0 aliphatic rings. The molecular formula is C22H19F4NO4S. The third-order valence-electron chi connectivity index (χ3n) is 4.14. The molecule has 0 bridgehead atoms. The average Bonchev–Trinajstić information content (AvgIpc) is 3.20. The lowest BCUT2D eigenvalue weighted by molar-refractivity contribution is -0.192. The number of nitrogens with one attached hydrogen (secondary N) is 1. The van der Waals surface area contributed by atoms with E-state index in [0.717, 1.165) is 36.2 Å². The summed E-state index contributed by atoms with van der Waals surface area (Å²) >= 11 is 1.66. The lowest BCUT2D eigenvalue weighted by Gasteiger charge is -2.03. The topological polar surface area (TPSA) is 86.6 Å². The van der Waals surface area contributed by atoms with E-state index in [4.69, 9.17) is 15.0 Å². The standard InChI is InChI=1S/C20H18FNO2S.C2HF3O2/c21-18-3-1-2-14(10-18)8-9-22-12-19-11-17(13-25-19)15-4-6-16(7-5-15)20(23)24;3-2(4,5)1(6)7/h1-7,10-11,13,22H,8-9,12H2,(H,23,24);(H,6,7). The van der Waals surface area contributed by atoms with Crippen LogP contribution in [0.3, 0.4) is 0 Å². The number of aliphatic carboxylic acids is 1. The van der Waals surface area contributed by atoms with Crippen LogP contribution in [0, 0.1) is 5.82 Å². The van der Waals surface area contributed by atoms with Gasteiger partial charge in [0.05, 0.1) is 5.56 Å². The Morgan fingerprint density at radius 3 is 2.19 bits per heavy atom. The minimum Gasteiger partial charge on any atom is -0.478 e. The molecule has 3 aromatic rings. The number of hydrogen-bond donors (Lipinski definition) is 3. The fourth-order valence-corrected chi connectivity index (χ4v) is 3.43. The van der Waals surface area contributed by atoms with Crippen molar-refractivity contribution >= 4 is 23.3 Å². The molecule has 3 N–H and O–H groups in total. The number of rotatable bonds is 7. The van der Waals surface area contributed by atoms with Gasteiger partial charge in [0.15, 0.2) is 0 Å². The monoisotopic (exact) mass is 469 g/mol. The SMILES string of the molecule is O=C(O)C(F)(F)F.O=C(O)c1ccc(-c2csc(CNCCc3cccc(F)c3)c2)cc1. The van der Waals surface area contributed by atoms with Crippen molar-refractivity contribution in [1.29, 1.82) is 0 Å². The first-order valence-corrected chi connectivity index (χ1v) is 10.1. The highest BCUT2D eigenvalue weighted by atomic mass is 32.1. The van der Waals surface area contributed by atoms with Crippen LogP contribution in [0.5, 0.6) is 0 Å². The number of aromatic carboxylic acids is 1. The molecule has 1 heterocycles. The summed E-state index contributed by atoms with van der Waals surface area (Å²) < 4.78 is 44.9. The van der Waals surface area contributed by atoms with E-state index in [-0.39, 0.29) is 5.82 Å². The molecule has 0 atom stereocenters. The van der Waals surface area contributed by atoms with E-state index in [1.807, 2.05) is 18.2 Å². The highest BCUT2D eigenvalue weighted by Crippen LogP contribution is 2.26. The van der Waals surface area contributed by atoms with E-state index in [0.29, 0.717) is 5.56 Å². The zero-order chi connectivity index (χ0) is 23.7. The molecule has 0 aliphatic heterocycles. The van der Waals surface area contributed by atoms with E-state index in [1.165, 1.54) is 10.9 Å². The van der Waals surface area contributed by atoms with Crippen molar-refractivity contribution in [1.82, 2.24) is 5.32 Å². The number of halogens is 4. The maximum Gasteiger partial charge on any atom is 0.490 e. The molecule has 5 nitrogen and oxygen atoms in total. The normalized spacial score (nSPS) is 10.9. The van der Waals surface area contributed by atoms with Crippen molar-refractivity contribution in [2.24, 2.45) is 0 Å². The maximum absolute atomic E-state index is 13.1. The fraction of sp³-hybridized carbons (Fsp3) is 0.182. The molecule has 32 heavy (non-hydrogen) atoms. The summed E-state index contributed by atoms with van der Waals surface area (Å²) in [6, 6.07) is 15.7. The summed E-state index contributed by atoms with van der Waals surface area (Å²) in [4.78, 5) is 21.0. The van der Waals surface area contributed by atoms with Crippen LogP contribution in [0.15, 0.2) is 60.0 Å². The third kappa shape index (κ3) is 8.12. The van der Waals surface area contributed by atoms with Gasteiger partial charge in [-0.3, -0.25) is 0 Å². The second-order valence-corrected chi connectivity index (χ2v) is 7.54. The van der Waals surface area contributed by atoms with Gasteiger partial charge in [0.25, 0.3) is 0 Å². The molecule has 0 fully saturated rings. The molecule has 10 heteroatoms. The zero-order valence-corrected chi connectivity index (χ0v) is 17.3. The molecular weight excluding hydrogens is 450 g/mol. The van der Waals surface area contributed by atoms with Gasteiger partial charge in [-0.25, -0.2) is 14.0 Å². The van der Waals surface area contributed by atoms with Gasteiger partial charge >= 0.3 is 18.1 Å². The highest BCUT2D eigenvalue weighted by molar-refractivity contribution is 7.10. The van der Waals surface area contributed by atoms with Crippen LogP contribution in [0.1, 0.15) is 20.8 Å². The van der Waals surface area contributed by atoms with Crippen LogP contribution >= 0.6 is 11.3 Å². The number of carbonyl (C=O) groups is 2. The molecule has 170 valence electrons. The lowest BCUT2D eigenvalue weighted by atomic mass is 10.1. The number of alkyl halides is 3. The first-order valence-electron chi connectivity index (χ1n) is 9.22. The lowest BCUT2D eigenvalue weighted by Crippen LogP contribution is -2.21. The van der Waals surface area contributed by atoms with Crippen molar-refractivity contribution in [3.05, 3.63) is 81.8 Å². The number of carboxylic acid groups (broad SMARTS) is 2. The number of benzene rings is 2. The average molecular weight is 469 g/mol. The van der Waals surface area contributed by atoms with Gasteiger partial charge in [-0.1, -0.05) is 24.3 Å². The molecule has 0 amide bonds. The Kier molecular flexibility index (Phi) is 8.91. The molecule has 0 spiro atoms. The molecule has 0 unspecified atom stereocenters. The summed E-state index contributed by atoms with van der Waals surface area (Å²) in [6.07, 6.45) is -4.30. The number of hydrogen-bond acceptors (Lipinski definition) is 4. The quantitative estimate of drug-likeness (QED) is 0.326. The molecule has 1 aromatic heterocycles. The number of thiophene rings is 1. The minimum absolute atomic E-state index is 0.200. The Hall–Kier alpha value is -3.24. The second-order valence-electron chi connectivity index (χ2n) is 6.54. The fourth-order valence-electron chi connectivity index (χ4n) is 2.57. The Balaban J connectivity index is 0.000000451. The van der Waals surface area contributed by atoms with Crippen LogP contribution in [-0.4, -0.2) is 34.9 Å². The van der Waals surface area contributed by atoms with Crippen LogP contribution in [0.2, 0.25) is 0 Å². The van der Waals surface area contributed by atoms with Crippen LogP contribution in [-0.2, 0) is 17.8 Å². The Morgan fingerprint density at radius 1 is 0.969 bits per heavy atom. The van der Waals surface area contributed by atoms with Crippen molar-refractivity contribution < 1.29 is 37.4 Å². The van der Waals surface area contributed by atoms with Gasteiger partial charge in [0, 0.05) is 11.4 Å². The largest absolute Gasteiger partial charge is 0.490 e. The summed E-state index contributed by atoms with van der Waals surface area (Å²) in [7, 11) is 0. The van der Waals surface area contributed by atoms with Crippen LogP contribution in [0.25, 0.3) is 11.1 Å². The summed E-state index contributed by atoms with van der Waals surface area (Å²) in [5, 5.41) is 21.5. The Labute approximate surface area is 185 Å². The van der Waals surface area contributed by atoms with E-state index < -0.39 is 18.1 Å². The zero-order valence-electron chi connectivity index (χ0n) is 16.5. The van der Waals surface area contributed by atoms with E-state index in [2.05, 4.69) is 16.8 Å². The Morgan fingerprint density at radius 2 is 1.62 bits per heavy atom. The molecule has 0 saturated carbocycles. The smallest absolute Gasteiger partial charge is 0.478 e. The van der Waals surface area contributed by atoms with Crippen LogP contribution in [0.4, 0.5) is 17.6 Å². The van der Waals surface area contributed by atoms with Crippen molar-refractivity contribution in [2.45, 2.75) is 19.1 Å². The van der Waals surface area contributed by atoms with Crippen LogP contribution < -0.4 is 5.32 Å². The van der Waals surface area contributed by atoms with Crippen molar-refractivity contribution in [3.8, 4) is 11.1 Å². The minimum atomic E-state index is -5.08. The Bertz CT molecular complexity index is 1050. The number of carboxylic acids is 2. The predicted molar refractivity (Wildman–Crippen MR) is 112 cm³/mol. The summed E-state index contributed by atoms with van der Waals surface area (Å²) in [6.45, 7) is 1.54. The van der Waals surface area contributed by atoms with Gasteiger partial charge in [0.1, 0.15) is 5.82 Å². The molecule has 0 saturated heterocycles. The van der Waals surface area contributed by atoms with Gasteiger partial charge < -0.3 is 15.5 Å². The van der Waals surface area contributed by atoms with Crippen molar-refractivity contribution in [3.63, 3.8) is 0 Å². The third-order valence-corrected chi connectivity index (χ3v) is 5.08. The summed E-state index contributed by atoms with van der Waals surface area (Å²) in [5.41, 5.74) is 3.37. The summed E-state index contributed by atoms with van der Waals surface area (Å²) in [5.74, 6) is -3.87. The molecule has 0 aliphatic carbocycles. The second kappa shape index (κ2) is 11.4. The van der Waals surface area contributed by atoms with E-state index >= 15 is 0 Å². The van der Waals surface area contributed by atoms with Gasteiger partial charge in [-0.2, -0.15) is 13.2 Å². The van der Waals surface area contributed by atoms with Gasteiger partial charge in [-0.05, 0) is 65.4 Å². The van der Waals surface area contributed by atoms with Gasteiger partial charge in [-0.15, -0.1) is 11.3 Å². The van der Waals surface area contributed by atoms with E-state index in [1.54, 1.807) is 35.6 Å². The van der Waals surface area contributed by atoms with Crippen molar-refractivity contribution in [2.75, 3.05) is 6.54 Å². The first kappa shape index (κ1) is 25.0. The molecule has 2 aromatic carbocycles.